The molecule has 1 aromatic carbocycles. The van der Waals surface area contributed by atoms with Gasteiger partial charge in [0.15, 0.2) is 0 Å². The van der Waals surface area contributed by atoms with Crippen molar-refractivity contribution >= 4 is 33.5 Å². The Bertz CT molecular complexity index is 701. The van der Waals surface area contributed by atoms with Crippen molar-refractivity contribution in [1.29, 1.82) is 0 Å². The van der Waals surface area contributed by atoms with Crippen LogP contribution >= 0.6 is 11.6 Å². The maximum absolute atomic E-state index is 12.3. The van der Waals surface area contributed by atoms with E-state index in [4.69, 9.17) is 16.7 Å². The highest BCUT2D eigenvalue weighted by Crippen LogP contribution is 2.19. The van der Waals surface area contributed by atoms with Gasteiger partial charge in [-0.2, -0.15) is 4.31 Å². The average Bonchev–Trinajstić information content (AvgIpc) is 2.47. The van der Waals surface area contributed by atoms with E-state index in [9.17, 15) is 18.0 Å². The molecule has 0 unspecified atom stereocenters. The molecule has 0 bridgehead atoms. The predicted molar refractivity (Wildman–Crippen MR) is 90.3 cm³/mol. The molecule has 0 radical (unpaired) electrons. The first-order valence-electron chi connectivity index (χ1n) is 7.19. The van der Waals surface area contributed by atoms with Crippen LogP contribution in [0.3, 0.4) is 0 Å². The number of carboxylic acid groups (broad SMARTS) is 1. The van der Waals surface area contributed by atoms with Gasteiger partial charge in [0.25, 0.3) is 0 Å². The average molecular weight is 377 g/mol. The molecule has 9 heteroatoms. The molecule has 0 aromatic heterocycles. The topological polar surface area (TPSA) is 104 Å². The number of benzene rings is 1. The number of amides is 1. The lowest BCUT2D eigenvalue weighted by Gasteiger charge is -2.20. The smallest absolute Gasteiger partial charge is 0.309 e. The van der Waals surface area contributed by atoms with Gasteiger partial charge in [-0.25, -0.2) is 8.42 Å². The molecule has 0 aliphatic rings. The fraction of sp³-hybridized carbons (Fsp3) is 0.467. The van der Waals surface area contributed by atoms with Gasteiger partial charge >= 0.3 is 5.97 Å². The quantitative estimate of drug-likeness (QED) is 0.716. The predicted octanol–water partition coefficient (Wildman–Crippen LogP) is 1.58. The minimum atomic E-state index is -3.80. The lowest BCUT2D eigenvalue weighted by atomic mass is 9.90. The molecule has 1 rings (SSSR count). The maximum atomic E-state index is 12.3. The second-order valence-corrected chi connectivity index (χ2v) is 8.49. The number of nitrogens with zero attached hydrogens (tertiary/aromatic N) is 1. The van der Waals surface area contributed by atoms with Crippen LogP contribution in [0, 0.1) is 5.41 Å². The highest BCUT2D eigenvalue weighted by Gasteiger charge is 2.27. The summed E-state index contributed by atoms with van der Waals surface area (Å²) in [6.45, 7) is 2.89. The van der Waals surface area contributed by atoms with E-state index in [-0.39, 0.29) is 24.4 Å². The number of hydrogen-bond donors (Lipinski definition) is 2. The third kappa shape index (κ3) is 5.47. The van der Waals surface area contributed by atoms with Gasteiger partial charge in [0.2, 0.25) is 15.9 Å². The standard InChI is InChI=1S/C15H21ClN2O5S/c1-15(2,14(20)21)8-9-17-13(19)10-18(3)24(22,23)12-6-4-11(16)5-7-12/h4-7H,8-10H2,1-3H3,(H,17,19)(H,20,21). The number of likely N-dealkylation sites (N-methyl/N-ethyl adjacent to an activating group) is 1. The largest absolute Gasteiger partial charge is 0.481 e. The summed E-state index contributed by atoms with van der Waals surface area (Å²) >= 11 is 5.73. The van der Waals surface area contributed by atoms with Crippen molar-refractivity contribution in [1.82, 2.24) is 9.62 Å². The Labute approximate surface area is 146 Å². The molecule has 0 saturated carbocycles. The third-order valence-corrected chi connectivity index (χ3v) is 5.61. The molecule has 24 heavy (non-hydrogen) atoms. The normalized spacial score (nSPS) is 12.2. The summed E-state index contributed by atoms with van der Waals surface area (Å²) < 4.78 is 25.6. The monoisotopic (exact) mass is 376 g/mol. The van der Waals surface area contributed by atoms with Gasteiger partial charge < -0.3 is 10.4 Å². The van der Waals surface area contributed by atoms with E-state index in [0.717, 1.165) is 4.31 Å². The van der Waals surface area contributed by atoms with Crippen molar-refractivity contribution in [2.75, 3.05) is 20.1 Å². The molecular formula is C15H21ClN2O5S. The van der Waals surface area contributed by atoms with Crippen LogP contribution in [0.4, 0.5) is 0 Å². The van der Waals surface area contributed by atoms with Gasteiger partial charge in [-0.05, 0) is 44.5 Å². The SMILES string of the molecule is CN(CC(=O)NCCC(C)(C)C(=O)O)S(=O)(=O)c1ccc(Cl)cc1. The molecule has 0 spiro atoms. The minimum absolute atomic E-state index is 0.0363. The van der Waals surface area contributed by atoms with Gasteiger partial charge in [-0.1, -0.05) is 11.6 Å². The zero-order chi connectivity index (χ0) is 18.5. The lowest BCUT2D eigenvalue weighted by molar-refractivity contribution is -0.147. The van der Waals surface area contributed by atoms with E-state index in [2.05, 4.69) is 5.32 Å². The van der Waals surface area contributed by atoms with Crippen molar-refractivity contribution in [3.8, 4) is 0 Å². The lowest BCUT2D eigenvalue weighted by Crippen LogP contribution is -2.40. The number of aliphatic carboxylic acids is 1. The number of nitrogens with one attached hydrogen (secondary N) is 1. The molecule has 0 aliphatic heterocycles. The van der Waals surface area contributed by atoms with Crippen LogP contribution < -0.4 is 5.32 Å². The first kappa shape index (κ1) is 20.4. The van der Waals surface area contributed by atoms with E-state index in [1.54, 1.807) is 13.8 Å². The number of carbonyl (C=O) groups is 2. The molecule has 134 valence electrons. The van der Waals surface area contributed by atoms with Crippen molar-refractivity contribution in [3.63, 3.8) is 0 Å². The zero-order valence-corrected chi connectivity index (χ0v) is 15.3. The molecule has 0 aliphatic carbocycles. The van der Waals surface area contributed by atoms with Gasteiger partial charge in [-0.15, -0.1) is 0 Å². The second kappa shape index (κ2) is 7.96. The number of rotatable bonds is 8. The summed E-state index contributed by atoms with van der Waals surface area (Å²) in [6, 6.07) is 5.63. The summed E-state index contributed by atoms with van der Waals surface area (Å²) in [5.74, 6) is -1.46. The van der Waals surface area contributed by atoms with Crippen LogP contribution in [0.1, 0.15) is 20.3 Å². The fourth-order valence-corrected chi connectivity index (χ4v) is 3.00. The van der Waals surface area contributed by atoms with Gasteiger partial charge in [0, 0.05) is 18.6 Å². The highest BCUT2D eigenvalue weighted by atomic mass is 35.5. The first-order chi connectivity index (χ1) is 11.0. The number of carbonyl (C=O) groups excluding carboxylic acids is 1. The molecule has 0 atom stereocenters. The van der Waals surface area contributed by atoms with Crippen molar-refractivity contribution < 1.29 is 23.1 Å². The van der Waals surface area contributed by atoms with Crippen LogP contribution in [-0.2, 0) is 19.6 Å². The molecule has 2 N–H and O–H groups in total. The van der Waals surface area contributed by atoms with Crippen LogP contribution in [0.2, 0.25) is 5.02 Å². The van der Waals surface area contributed by atoms with Crippen molar-refractivity contribution in [3.05, 3.63) is 29.3 Å². The fourth-order valence-electron chi connectivity index (χ4n) is 1.75. The minimum Gasteiger partial charge on any atom is -0.481 e. The van der Waals surface area contributed by atoms with Gasteiger partial charge in [0.05, 0.1) is 16.9 Å². The van der Waals surface area contributed by atoms with E-state index in [1.165, 1.54) is 31.3 Å². The zero-order valence-electron chi connectivity index (χ0n) is 13.7. The Morgan fingerprint density at radius 1 is 1.25 bits per heavy atom. The van der Waals surface area contributed by atoms with E-state index >= 15 is 0 Å². The molecule has 1 aromatic rings. The summed E-state index contributed by atoms with van der Waals surface area (Å²) in [5.41, 5.74) is -0.964. The van der Waals surface area contributed by atoms with Gasteiger partial charge in [0.1, 0.15) is 0 Å². The van der Waals surface area contributed by atoms with E-state index in [0.29, 0.717) is 5.02 Å². The summed E-state index contributed by atoms with van der Waals surface area (Å²) in [4.78, 5) is 22.9. The number of hydrogen-bond acceptors (Lipinski definition) is 4. The molecule has 0 heterocycles. The molecule has 0 saturated heterocycles. The van der Waals surface area contributed by atoms with Crippen LogP contribution in [0.15, 0.2) is 29.2 Å². The summed E-state index contributed by atoms with van der Waals surface area (Å²) in [6.07, 6.45) is 0.238. The van der Waals surface area contributed by atoms with Crippen molar-refractivity contribution in [2.45, 2.75) is 25.2 Å². The van der Waals surface area contributed by atoms with Gasteiger partial charge in [-0.3, -0.25) is 9.59 Å². The van der Waals surface area contributed by atoms with E-state index < -0.39 is 27.3 Å². The van der Waals surface area contributed by atoms with Crippen LogP contribution in [0.5, 0.6) is 0 Å². The van der Waals surface area contributed by atoms with Crippen LogP contribution in [0.25, 0.3) is 0 Å². The molecule has 0 fully saturated rings. The van der Waals surface area contributed by atoms with Crippen LogP contribution in [-0.4, -0.2) is 49.8 Å². The number of carboxylic acids is 1. The first-order valence-corrected chi connectivity index (χ1v) is 9.00. The Morgan fingerprint density at radius 3 is 2.29 bits per heavy atom. The van der Waals surface area contributed by atoms with E-state index in [1.807, 2.05) is 0 Å². The molecule has 1 amide bonds. The second-order valence-electron chi connectivity index (χ2n) is 6.00. The summed E-state index contributed by atoms with van der Waals surface area (Å²) in [7, 11) is -2.50. The Balaban J connectivity index is 2.60. The van der Waals surface area contributed by atoms with Crippen molar-refractivity contribution in [2.24, 2.45) is 5.41 Å². The molecule has 7 nitrogen and oxygen atoms in total. The maximum Gasteiger partial charge on any atom is 0.309 e. The number of sulfonamides is 1. The Hall–Kier alpha value is -1.64. The Kier molecular flexibility index (Phi) is 6.76. The molecular weight excluding hydrogens is 356 g/mol. The summed E-state index contributed by atoms with van der Waals surface area (Å²) in [5, 5.41) is 11.9. The Morgan fingerprint density at radius 2 is 1.79 bits per heavy atom. The number of halogens is 1. The third-order valence-electron chi connectivity index (χ3n) is 3.54. The highest BCUT2D eigenvalue weighted by molar-refractivity contribution is 7.89.